The van der Waals surface area contributed by atoms with Gasteiger partial charge in [0.2, 0.25) is 5.91 Å². The number of nitrogens with one attached hydrogen (secondary N) is 1. The molecular formula is C14H14N2O4S. The summed E-state index contributed by atoms with van der Waals surface area (Å²) >= 11 is 1.01. The predicted molar refractivity (Wildman–Crippen MR) is 78.3 cm³/mol. The zero-order valence-corrected chi connectivity index (χ0v) is 12.1. The van der Waals surface area contributed by atoms with Crippen LogP contribution in [0.1, 0.15) is 17.3 Å². The number of hydrogen-bond donors (Lipinski definition) is 2. The summed E-state index contributed by atoms with van der Waals surface area (Å²) in [6.45, 7) is 1.53. The van der Waals surface area contributed by atoms with Gasteiger partial charge < -0.3 is 10.4 Å². The number of carboxylic acid groups (broad SMARTS) is 1. The molecule has 0 fully saturated rings. The van der Waals surface area contributed by atoms with Gasteiger partial charge in [-0.05, 0) is 12.5 Å². The van der Waals surface area contributed by atoms with Crippen LogP contribution in [0.5, 0.6) is 0 Å². The van der Waals surface area contributed by atoms with Gasteiger partial charge in [0.25, 0.3) is 0 Å². The first kappa shape index (κ1) is 15.0. The lowest BCUT2D eigenvalue weighted by Gasteiger charge is -2.15. The van der Waals surface area contributed by atoms with E-state index in [1.807, 2.05) is 0 Å². The Kier molecular flexibility index (Phi) is 4.54. The maximum Gasteiger partial charge on any atom is 0.330 e. The van der Waals surface area contributed by atoms with Crippen molar-refractivity contribution in [1.29, 1.82) is 0 Å². The highest BCUT2D eigenvalue weighted by Gasteiger charge is 2.22. The lowest BCUT2D eigenvalue weighted by atomic mass is 10.1. The Labute approximate surface area is 124 Å². The molecule has 0 aliphatic heterocycles. The van der Waals surface area contributed by atoms with Crippen molar-refractivity contribution < 1.29 is 14.7 Å². The molecule has 0 radical (unpaired) electrons. The minimum atomic E-state index is -1.15. The highest BCUT2D eigenvalue weighted by atomic mass is 32.1. The molecule has 2 N–H and O–H groups in total. The molecule has 0 saturated carbocycles. The Morgan fingerprint density at radius 3 is 2.52 bits per heavy atom. The first-order valence-electron chi connectivity index (χ1n) is 6.21. The average Bonchev–Trinajstić information content (AvgIpc) is 2.77. The largest absolute Gasteiger partial charge is 0.479 e. The van der Waals surface area contributed by atoms with Crippen molar-refractivity contribution in [2.45, 2.75) is 19.5 Å². The summed E-state index contributed by atoms with van der Waals surface area (Å²) in [5.74, 6) is -1.67. The summed E-state index contributed by atoms with van der Waals surface area (Å²) in [6, 6.07) is 7.28. The molecule has 1 aromatic carbocycles. The topological polar surface area (TPSA) is 88.4 Å². The second-order valence-electron chi connectivity index (χ2n) is 4.48. The number of aryl methyl sites for hydroxylation is 1. The van der Waals surface area contributed by atoms with Gasteiger partial charge in [0.1, 0.15) is 6.54 Å². The standard InChI is InChI=1S/C14H14N2O4S/c1-9-8-21-14(20)16(9)7-11(17)15-12(13(18)19)10-5-3-2-4-6-10/h2-6,8,12H,7H2,1H3,(H,15,17)(H,18,19)/t12-/m0/s1. The van der Waals surface area contributed by atoms with Crippen molar-refractivity contribution in [3.8, 4) is 0 Å². The van der Waals surface area contributed by atoms with Crippen LogP contribution < -0.4 is 10.2 Å². The molecule has 2 rings (SSSR count). The van der Waals surface area contributed by atoms with E-state index in [0.717, 1.165) is 11.3 Å². The maximum atomic E-state index is 12.0. The van der Waals surface area contributed by atoms with Crippen LogP contribution >= 0.6 is 11.3 Å². The summed E-state index contributed by atoms with van der Waals surface area (Å²) in [4.78, 5) is 34.6. The van der Waals surface area contributed by atoms with Gasteiger partial charge in [-0.1, -0.05) is 41.7 Å². The number of carbonyl (C=O) groups excluding carboxylic acids is 1. The smallest absolute Gasteiger partial charge is 0.330 e. The third-order valence-electron chi connectivity index (χ3n) is 2.96. The monoisotopic (exact) mass is 306 g/mol. The van der Waals surface area contributed by atoms with Gasteiger partial charge in [0.05, 0.1) is 0 Å². The molecule has 2 aromatic rings. The maximum absolute atomic E-state index is 12.0. The number of hydrogen-bond acceptors (Lipinski definition) is 4. The van der Waals surface area contributed by atoms with E-state index >= 15 is 0 Å². The Morgan fingerprint density at radius 1 is 1.33 bits per heavy atom. The first-order valence-corrected chi connectivity index (χ1v) is 7.09. The van der Waals surface area contributed by atoms with Crippen LogP contribution in [0, 0.1) is 6.92 Å². The third-order valence-corrected chi connectivity index (χ3v) is 3.84. The van der Waals surface area contributed by atoms with Crippen molar-refractivity contribution in [3.05, 3.63) is 56.6 Å². The van der Waals surface area contributed by atoms with E-state index in [-0.39, 0.29) is 11.4 Å². The molecule has 7 heteroatoms. The summed E-state index contributed by atoms with van der Waals surface area (Å²) in [7, 11) is 0. The number of nitrogens with zero attached hydrogens (tertiary/aromatic N) is 1. The summed E-state index contributed by atoms with van der Waals surface area (Å²) < 4.78 is 1.31. The number of aromatic nitrogens is 1. The third kappa shape index (κ3) is 3.57. The Hall–Kier alpha value is -2.41. The van der Waals surface area contributed by atoms with Crippen LogP contribution in [0.4, 0.5) is 0 Å². The van der Waals surface area contributed by atoms with Crippen LogP contribution in [0.15, 0.2) is 40.5 Å². The van der Waals surface area contributed by atoms with Crippen molar-refractivity contribution in [2.24, 2.45) is 0 Å². The molecule has 21 heavy (non-hydrogen) atoms. The fourth-order valence-electron chi connectivity index (χ4n) is 1.88. The van der Waals surface area contributed by atoms with Gasteiger partial charge in [-0.2, -0.15) is 0 Å². The number of carbonyl (C=O) groups is 2. The number of benzene rings is 1. The summed E-state index contributed by atoms with van der Waals surface area (Å²) in [5.41, 5.74) is 1.15. The summed E-state index contributed by atoms with van der Waals surface area (Å²) in [6.07, 6.45) is 0. The van der Waals surface area contributed by atoms with E-state index in [4.69, 9.17) is 0 Å². The molecule has 0 saturated heterocycles. The minimum Gasteiger partial charge on any atom is -0.479 e. The van der Waals surface area contributed by atoms with Gasteiger partial charge in [-0.15, -0.1) is 0 Å². The van der Waals surface area contributed by atoms with Crippen molar-refractivity contribution in [2.75, 3.05) is 0 Å². The molecule has 1 atom stereocenters. The van der Waals surface area contributed by atoms with E-state index in [9.17, 15) is 19.5 Å². The van der Waals surface area contributed by atoms with Gasteiger partial charge in [0.15, 0.2) is 6.04 Å². The van der Waals surface area contributed by atoms with E-state index in [2.05, 4.69) is 5.32 Å². The molecule has 1 heterocycles. The zero-order chi connectivity index (χ0) is 15.4. The van der Waals surface area contributed by atoms with E-state index in [0.29, 0.717) is 11.3 Å². The molecule has 0 spiro atoms. The molecule has 0 aliphatic carbocycles. The number of amides is 1. The Morgan fingerprint density at radius 2 is 2.00 bits per heavy atom. The fraction of sp³-hybridized carbons (Fsp3) is 0.214. The molecule has 1 aromatic heterocycles. The number of thiazole rings is 1. The SMILES string of the molecule is Cc1csc(=O)n1CC(=O)N[C@H](C(=O)O)c1ccccc1. The van der Waals surface area contributed by atoms with E-state index in [1.54, 1.807) is 42.6 Å². The quantitative estimate of drug-likeness (QED) is 0.867. The molecule has 1 amide bonds. The second-order valence-corrected chi connectivity index (χ2v) is 5.30. The lowest BCUT2D eigenvalue weighted by Crippen LogP contribution is -2.37. The van der Waals surface area contributed by atoms with Crippen molar-refractivity contribution >= 4 is 23.2 Å². The number of aliphatic carboxylic acids is 1. The fourth-order valence-corrected chi connectivity index (χ4v) is 2.61. The molecule has 0 bridgehead atoms. The number of rotatable bonds is 5. The Balaban J connectivity index is 2.13. The molecule has 0 aliphatic rings. The van der Waals surface area contributed by atoms with Gasteiger partial charge >= 0.3 is 10.8 Å². The molecular weight excluding hydrogens is 292 g/mol. The Bertz CT molecular complexity index is 705. The van der Waals surface area contributed by atoms with Crippen LogP contribution in [-0.2, 0) is 16.1 Å². The van der Waals surface area contributed by atoms with Gasteiger partial charge in [-0.3, -0.25) is 14.2 Å². The molecule has 6 nitrogen and oxygen atoms in total. The second kappa shape index (κ2) is 6.36. The van der Waals surface area contributed by atoms with E-state index < -0.39 is 17.9 Å². The highest BCUT2D eigenvalue weighted by Crippen LogP contribution is 2.12. The normalized spacial score (nSPS) is 11.9. The molecule has 0 unspecified atom stereocenters. The van der Waals surface area contributed by atoms with Crippen LogP contribution in [0.3, 0.4) is 0 Å². The van der Waals surface area contributed by atoms with Crippen molar-refractivity contribution in [1.82, 2.24) is 9.88 Å². The predicted octanol–water partition coefficient (Wildman–Crippen LogP) is 1.16. The van der Waals surface area contributed by atoms with E-state index in [1.165, 1.54) is 4.57 Å². The molecule has 110 valence electrons. The van der Waals surface area contributed by atoms with Gasteiger partial charge in [-0.25, -0.2) is 4.79 Å². The first-order chi connectivity index (χ1) is 9.99. The van der Waals surface area contributed by atoms with Crippen molar-refractivity contribution in [3.63, 3.8) is 0 Å². The lowest BCUT2D eigenvalue weighted by molar-refractivity contribution is -0.142. The highest BCUT2D eigenvalue weighted by molar-refractivity contribution is 7.07. The zero-order valence-electron chi connectivity index (χ0n) is 11.3. The average molecular weight is 306 g/mol. The summed E-state index contributed by atoms with van der Waals surface area (Å²) in [5, 5.41) is 13.3. The van der Waals surface area contributed by atoms with Crippen LogP contribution in [0.25, 0.3) is 0 Å². The van der Waals surface area contributed by atoms with Crippen LogP contribution in [-0.4, -0.2) is 21.6 Å². The number of carboxylic acids is 1. The van der Waals surface area contributed by atoms with Gasteiger partial charge in [0, 0.05) is 11.1 Å². The minimum absolute atomic E-state index is 0.190. The van der Waals surface area contributed by atoms with Crippen LogP contribution in [0.2, 0.25) is 0 Å².